The Morgan fingerprint density at radius 3 is 2.85 bits per heavy atom. The summed E-state index contributed by atoms with van der Waals surface area (Å²) >= 11 is 5.85. The van der Waals surface area contributed by atoms with Crippen molar-refractivity contribution in [3.8, 4) is 5.75 Å². The number of aliphatic carboxylic acids is 1. The Labute approximate surface area is 120 Å². The molecule has 110 valence electrons. The Hall–Kier alpha value is -1.86. The van der Waals surface area contributed by atoms with E-state index in [0.29, 0.717) is 6.54 Å². The van der Waals surface area contributed by atoms with Crippen LogP contribution in [-0.2, 0) is 4.79 Å². The van der Waals surface area contributed by atoms with E-state index in [2.05, 4.69) is 5.32 Å². The molecule has 7 nitrogen and oxygen atoms in total. The number of likely N-dealkylation sites (N-methyl/N-ethyl adjacent to an activating group) is 1. The summed E-state index contributed by atoms with van der Waals surface area (Å²) in [7, 11) is 0. The average molecular weight is 303 g/mol. The number of nitrogens with zero attached hydrogens (tertiary/aromatic N) is 1. The zero-order valence-electron chi connectivity index (χ0n) is 10.8. The van der Waals surface area contributed by atoms with Gasteiger partial charge < -0.3 is 15.2 Å². The van der Waals surface area contributed by atoms with E-state index in [0.717, 1.165) is 0 Å². The number of benzene rings is 1. The molecule has 0 aromatic heterocycles. The van der Waals surface area contributed by atoms with Crippen molar-refractivity contribution >= 4 is 23.3 Å². The van der Waals surface area contributed by atoms with Crippen LogP contribution in [0.2, 0.25) is 5.02 Å². The fourth-order valence-corrected chi connectivity index (χ4v) is 1.85. The van der Waals surface area contributed by atoms with Crippen LogP contribution in [-0.4, -0.2) is 35.2 Å². The molecule has 0 heterocycles. The van der Waals surface area contributed by atoms with Crippen molar-refractivity contribution in [1.82, 2.24) is 5.32 Å². The third-order valence-corrected chi connectivity index (χ3v) is 2.84. The number of para-hydroxylation sites is 1. The third-order valence-electron chi connectivity index (χ3n) is 2.54. The van der Waals surface area contributed by atoms with E-state index in [4.69, 9.17) is 21.4 Å². The molecule has 0 aliphatic carbocycles. The highest BCUT2D eigenvalue weighted by Crippen LogP contribution is 2.34. The molecule has 0 bridgehead atoms. The summed E-state index contributed by atoms with van der Waals surface area (Å²) in [5.41, 5.74) is -0.243. The number of halogens is 1. The SMILES string of the molecule is CCNC(CCOc1c(Cl)cccc1[N+](=O)[O-])C(=O)O. The van der Waals surface area contributed by atoms with Gasteiger partial charge in [-0.3, -0.25) is 14.9 Å². The zero-order valence-corrected chi connectivity index (χ0v) is 11.6. The molecular weight excluding hydrogens is 288 g/mol. The van der Waals surface area contributed by atoms with Gasteiger partial charge in [0.15, 0.2) is 0 Å². The Morgan fingerprint density at radius 2 is 2.30 bits per heavy atom. The number of hydrogen-bond donors (Lipinski definition) is 2. The Kier molecular flexibility index (Phi) is 6.20. The van der Waals surface area contributed by atoms with Gasteiger partial charge in [0.05, 0.1) is 16.6 Å². The van der Waals surface area contributed by atoms with E-state index in [1.807, 2.05) is 0 Å². The predicted molar refractivity (Wildman–Crippen MR) is 73.3 cm³/mol. The van der Waals surface area contributed by atoms with E-state index >= 15 is 0 Å². The van der Waals surface area contributed by atoms with Crippen molar-refractivity contribution in [3.05, 3.63) is 33.3 Å². The second-order valence-electron chi connectivity index (χ2n) is 3.93. The first kappa shape index (κ1) is 16.2. The van der Waals surface area contributed by atoms with Crippen molar-refractivity contribution in [2.45, 2.75) is 19.4 Å². The fraction of sp³-hybridized carbons (Fsp3) is 0.417. The van der Waals surface area contributed by atoms with Gasteiger partial charge in [-0.1, -0.05) is 24.6 Å². The molecule has 0 saturated heterocycles. The van der Waals surface area contributed by atoms with Crippen LogP contribution in [0.3, 0.4) is 0 Å². The van der Waals surface area contributed by atoms with Crippen LogP contribution in [0.15, 0.2) is 18.2 Å². The number of nitro groups is 1. The summed E-state index contributed by atoms with van der Waals surface area (Å²) in [4.78, 5) is 21.2. The fourth-order valence-electron chi connectivity index (χ4n) is 1.62. The van der Waals surface area contributed by atoms with Gasteiger partial charge in [-0.05, 0) is 12.6 Å². The quantitative estimate of drug-likeness (QED) is 0.563. The standard InChI is InChI=1S/C12H15ClN2O5/c1-2-14-9(12(16)17)6-7-20-11-8(13)4-3-5-10(11)15(18)19/h3-5,9,14H,2,6-7H2,1H3,(H,16,17). The zero-order chi connectivity index (χ0) is 15.1. The maximum Gasteiger partial charge on any atom is 0.320 e. The highest BCUT2D eigenvalue weighted by molar-refractivity contribution is 6.32. The van der Waals surface area contributed by atoms with Crippen LogP contribution in [0.4, 0.5) is 5.69 Å². The van der Waals surface area contributed by atoms with E-state index in [1.54, 1.807) is 6.92 Å². The molecule has 0 saturated carbocycles. The number of hydrogen-bond acceptors (Lipinski definition) is 5. The van der Waals surface area contributed by atoms with Crippen LogP contribution < -0.4 is 10.1 Å². The highest BCUT2D eigenvalue weighted by Gasteiger charge is 2.20. The molecule has 20 heavy (non-hydrogen) atoms. The van der Waals surface area contributed by atoms with Crippen molar-refractivity contribution in [2.24, 2.45) is 0 Å². The topological polar surface area (TPSA) is 102 Å². The van der Waals surface area contributed by atoms with Gasteiger partial charge in [-0.2, -0.15) is 0 Å². The maximum atomic E-state index is 10.9. The van der Waals surface area contributed by atoms with Gasteiger partial charge in [0.2, 0.25) is 5.75 Å². The lowest BCUT2D eigenvalue weighted by atomic mass is 10.2. The predicted octanol–water partition coefficient (Wildman–Crippen LogP) is 2.08. The van der Waals surface area contributed by atoms with Crippen LogP contribution >= 0.6 is 11.6 Å². The van der Waals surface area contributed by atoms with Gasteiger partial charge in [0, 0.05) is 12.5 Å². The summed E-state index contributed by atoms with van der Waals surface area (Å²) in [5, 5.41) is 22.7. The summed E-state index contributed by atoms with van der Waals surface area (Å²) < 4.78 is 5.28. The van der Waals surface area contributed by atoms with Crippen LogP contribution in [0.25, 0.3) is 0 Å². The number of nitrogens with one attached hydrogen (secondary N) is 1. The first-order chi connectivity index (χ1) is 9.47. The molecule has 0 fully saturated rings. The monoisotopic (exact) mass is 302 g/mol. The molecular formula is C12H15ClN2O5. The maximum absolute atomic E-state index is 10.9. The van der Waals surface area contributed by atoms with Crippen molar-refractivity contribution < 1.29 is 19.6 Å². The second-order valence-corrected chi connectivity index (χ2v) is 4.34. The van der Waals surface area contributed by atoms with Crippen molar-refractivity contribution in [1.29, 1.82) is 0 Å². The summed E-state index contributed by atoms with van der Waals surface area (Å²) in [6.07, 6.45) is 0.172. The minimum absolute atomic E-state index is 0.00847. The van der Waals surface area contributed by atoms with E-state index in [9.17, 15) is 14.9 Å². The van der Waals surface area contributed by atoms with Gasteiger partial charge >= 0.3 is 11.7 Å². The Balaban J connectivity index is 2.70. The largest absolute Gasteiger partial charge is 0.486 e. The molecule has 0 amide bonds. The van der Waals surface area contributed by atoms with Crippen molar-refractivity contribution in [2.75, 3.05) is 13.2 Å². The molecule has 2 N–H and O–H groups in total. The lowest BCUT2D eigenvalue weighted by Gasteiger charge is -2.14. The third kappa shape index (κ3) is 4.36. The molecule has 0 aliphatic heterocycles. The number of carbonyl (C=O) groups is 1. The van der Waals surface area contributed by atoms with Crippen molar-refractivity contribution in [3.63, 3.8) is 0 Å². The van der Waals surface area contributed by atoms with E-state index < -0.39 is 16.9 Å². The minimum Gasteiger partial charge on any atom is -0.486 e. The minimum atomic E-state index is -0.996. The molecule has 0 aliphatic rings. The molecule has 1 unspecified atom stereocenters. The Bertz CT molecular complexity index is 495. The van der Waals surface area contributed by atoms with Crippen LogP contribution in [0.5, 0.6) is 5.75 Å². The lowest BCUT2D eigenvalue weighted by molar-refractivity contribution is -0.385. The normalized spacial score (nSPS) is 11.9. The molecule has 0 radical (unpaired) electrons. The molecule has 1 rings (SSSR count). The molecule has 8 heteroatoms. The molecule has 1 atom stereocenters. The number of rotatable bonds is 8. The average Bonchev–Trinajstić information content (AvgIpc) is 2.38. The van der Waals surface area contributed by atoms with Crippen LogP contribution in [0.1, 0.15) is 13.3 Å². The first-order valence-electron chi connectivity index (χ1n) is 5.99. The van der Waals surface area contributed by atoms with Gasteiger partial charge in [-0.25, -0.2) is 0 Å². The van der Waals surface area contributed by atoms with Gasteiger partial charge in [0.25, 0.3) is 0 Å². The first-order valence-corrected chi connectivity index (χ1v) is 6.37. The van der Waals surface area contributed by atoms with E-state index in [-0.39, 0.29) is 29.5 Å². The second kappa shape index (κ2) is 7.66. The molecule has 1 aromatic carbocycles. The smallest absolute Gasteiger partial charge is 0.320 e. The van der Waals surface area contributed by atoms with Gasteiger partial charge in [0.1, 0.15) is 6.04 Å². The summed E-state index contributed by atoms with van der Waals surface area (Å²) in [5.74, 6) is -1.04. The molecule has 0 spiro atoms. The Morgan fingerprint density at radius 1 is 1.60 bits per heavy atom. The number of carboxylic acids is 1. The van der Waals surface area contributed by atoms with Gasteiger partial charge in [-0.15, -0.1) is 0 Å². The highest BCUT2D eigenvalue weighted by atomic mass is 35.5. The number of carboxylic acid groups (broad SMARTS) is 1. The lowest BCUT2D eigenvalue weighted by Crippen LogP contribution is -2.37. The van der Waals surface area contributed by atoms with E-state index in [1.165, 1.54) is 18.2 Å². The molecule has 1 aromatic rings. The number of nitro benzene ring substituents is 1. The summed E-state index contributed by atoms with van der Waals surface area (Å²) in [6.45, 7) is 2.30. The number of ether oxygens (including phenoxy) is 1. The summed E-state index contributed by atoms with van der Waals surface area (Å²) in [6, 6.07) is 3.44. The van der Waals surface area contributed by atoms with Crippen LogP contribution in [0, 0.1) is 10.1 Å².